The number of rotatable bonds is 4. The minimum absolute atomic E-state index is 0.149. The maximum absolute atomic E-state index is 11.5. The predicted molar refractivity (Wildman–Crippen MR) is 74.8 cm³/mol. The molecule has 7 heteroatoms. The highest BCUT2D eigenvalue weighted by Crippen LogP contribution is 2.33. The fourth-order valence-electron chi connectivity index (χ4n) is 1.89. The van der Waals surface area contributed by atoms with Gasteiger partial charge in [0.25, 0.3) is 5.70 Å². The number of carbonyl (C=O) groups excluding carboxylic acids is 1. The molecular weight excluding hydrogens is 330 g/mol. The Balaban J connectivity index is 2.29. The van der Waals surface area contributed by atoms with Crippen LogP contribution in [0.2, 0.25) is 0 Å². The Morgan fingerprint density at radius 1 is 1.55 bits per heavy atom. The van der Waals surface area contributed by atoms with Crippen LogP contribution in [-0.4, -0.2) is 23.6 Å². The van der Waals surface area contributed by atoms with Crippen molar-refractivity contribution in [3.63, 3.8) is 0 Å². The van der Waals surface area contributed by atoms with E-state index >= 15 is 0 Å². The molecule has 0 fully saturated rings. The molecule has 1 heterocycles. The Kier molecular flexibility index (Phi) is 4.39. The van der Waals surface area contributed by atoms with E-state index in [-0.39, 0.29) is 18.7 Å². The zero-order valence-electron chi connectivity index (χ0n) is 10.7. The van der Waals surface area contributed by atoms with Gasteiger partial charge in [-0.2, -0.15) is 0 Å². The van der Waals surface area contributed by atoms with Crippen LogP contribution in [0.3, 0.4) is 0 Å². The molecule has 1 aromatic rings. The van der Waals surface area contributed by atoms with Gasteiger partial charge in [0.1, 0.15) is 5.75 Å². The molecule has 0 radical (unpaired) electrons. The smallest absolute Gasteiger partial charge is 0.310 e. The summed E-state index contributed by atoms with van der Waals surface area (Å²) < 4.78 is 11.1. The number of ether oxygens (including phenoxy) is 2. The van der Waals surface area contributed by atoms with Gasteiger partial charge in [-0.1, -0.05) is 15.9 Å². The van der Waals surface area contributed by atoms with Gasteiger partial charge in [0.2, 0.25) is 0 Å². The number of halogens is 1. The Morgan fingerprint density at radius 3 is 2.95 bits per heavy atom. The topological polar surface area (TPSA) is 78.7 Å². The van der Waals surface area contributed by atoms with Crippen molar-refractivity contribution < 1.29 is 19.2 Å². The predicted octanol–water partition coefficient (Wildman–Crippen LogP) is 2.78. The number of carbonyl (C=O) groups is 1. The Bertz CT molecular complexity index is 584. The van der Waals surface area contributed by atoms with Gasteiger partial charge in [-0.15, -0.1) is 0 Å². The lowest BCUT2D eigenvalue weighted by molar-refractivity contribution is -0.433. The molecule has 0 unspecified atom stereocenters. The van der Waals surface area contributed by atoms with Crippen LogP contribution in [0.1, 0.15) is 18.9 Å². The zero-order valence-corrected chi connectivity index (χ0v) is 12.3. The number of nitrogens with zero attached hydrogens (tertiary/aromatic N) is 1. The Hall–Kier alpha value is -1.89. The quantitative estimate of drug-likeness (QED) is 0.478. The average molecular weight is 342 g/mol. The maximum Gasteiger partial charge on any atom is 0.310 e. The van der Waals surface area contributed by atoms with Gasteiger partial charge >= 0.3 is 5.97 Å². The first kappa shape index (κ1) is 14.5. The third-order valence-corrected chi connectivity index (χ3v) is 3.24. The van der Waals surface area contributed by atoms with Crippen molar-refractivity contribution >= 4 is 28.0 Å². The minimum atomic E-state index is -0.933. The molecule has 1 aliphatic rings. The van der Waals surface area contributed by atoms with E-state index in [1.165, 1.54) is 6.08 Å². The number of benzene rings is 1. The molecular formula is C13H12BrNO5. The first-order valence-corrected chi connectivity index (χ1v) is 6.78. The number of nitro groups is 1. The highest BCUT2D eigenvalue weighted by molar-refractivity contribution is 9.10. The second-order valence-corrected chi connectivity index (χ2v) is 5.04. The molecule has 0 bridgehead atoms. The summed E-state index contributed by atoms with van der Waals surface area (Å²) in [6, 6.07) is 5.19. The second-order valence-electron chi connectivity index (χ2n) is 4.12. The van der Waals surface area contributed by atoms with Gasteiger partial charge in [-0.25, -0.2) is 0 Å². The van der Waals surface area contributed by atoms with Crippen LogP contribution >= 0.6 is 15.9 Å². The van der Waals surface area contributed by atoms with Crippen LogP contribution < -0.4 is 4.74 Å². The summed E-state index contributed by atoms with van der Waals surface area (Å²) in [5.41, 5.74) is 0.454. The van der Waals surface area contributed by atoms with Gasteiger partial charge in [0.05, 0.1) is 18.0 Å². The van der Waals surface area contributed by atoms with Crippen molar-refractivity contribution in [3.8, 4) is 5.75 Å². The van der Waals surface area contributed by atoms with E-state index in [9.17, 15) is 14.9 Å². The van der Waals surface area contributed by atoms with Gasteiger partial charge in [0, 0.05) is 16.1 Å². The molecule has 2 rings (SSSR count). The van der Waals surface area contributed by atoms with Crippen LogP contribution in [0.5, 0.6) is 5.75 Å². The molecule has 0 N–H and O–H groups in total. The molecule has 0 spiro atoms. The molecule has 0 saturated heterocycles. The van der Waals surface area contributed by atoms with Gasteiger partial charge < -0.3 is 9.47 Å². The first-order valence-electron chi connectivity index (χ1n) is 5.99. The van der Waals surface area contributed by atoms with Gasteiger partial charge in [-0.05, 0) is 25.1 Å². The summed E-state index contributed by atoms with van der Waals surface area (Å²) in [6.07, 6.45) is 0.307. The number of hydrogen-bond acceptors (Lipinski definition) is 5. The molecule has 6 nitrogen and oxygen atoms in total. The van der Waals surface area contributed by atoms with Crippen LogP contribution in [0.25, 0.3) is 6.08 Å². The van der Waals surface area contributed by atoms with E-state index in [0.717, 1.165) is 4.47 Å². The summed E-state index contributed by atoms with van der Waals surface area (Å²) >= 11 is 3.29. The molecule has 1 aromatic carbocycles. The van der Waals surface area contributed by atoms with Crippen molar-refractivity contribution in [1.82, 2.24) is 0 Å². The van der Waals surface area contributed by atoms with Crippen LogP contribution in [0, 0.1) is 10.1 Å². The Morgan fingerprint density at radius 2 is 2.30 bits per heavy atom. The highest BCUT2D eigenvalue weighted by Gasteiger charge is 2.34. The molecule has 0 aromatic heterocycles. The van der Waals surface area contributed by atoms with E-state index in [1.54, 1.807) is 25.1 Å². The van der Waals surface area contributed by atoms with Crippen LogP contribution in [0.4, 0.5) is 0 Å². The summed E-state index contributed by atoms with van der Waals surface area (Å²) in [6.45, 7) is 1.91. The summed E-state index contributed by atoms with van der Waals surface area (Å²) in [5.74, 6) is -0.0149. The normalized spacial score (nSPS) is 16.7. The molecule has 1 aliphatic heterocycles. The van der Waals surface area contributed by atoms with Gasteiger partial charge in [-0.3, -0.25) is 14.9 Å². The highest BCUT2D eigenvalue weighted by atomic mass is 79.9. The second kappa shape index (κ2) is 6.04. The molecule has 1 atom stereocenters. The van der Waals surface area contributed by atoms with Crippen LogP contribution in [-0.2, 0) is 9.53 Å². The lowest BCUT2D eigenvalue weighted by atomic mass is 10.1. The summed E-state index contributed by atoms with van der Waals surface area (Å²) in [7, 11) is 0. The van der Waals surface area contributed by atoms with Crippen molar-refractivity contribution in [2.75, 3.05) is 6.61 Å². The van der Waals surface area contributed by atoms with Gasteiger partial charge in [0.15, 0.2) is 6.10 Å². The molecule has 20 heavy (non-hydrogen) atoms. The SMILES string of the molecule is CCOC(=O)C[C@H]1Oc2ccc(Br)cc2C=C1[N+](=O)[O-]. The summed E-state index contributed by atoms with van der Waals surface area (Å²) in [4.78, 5) is 22.0. The largest absolute Gasteiger partial charge is 0.478 e. The third kappa shape index (κ3) is 3.16. The zero-order chi connectivity index (χ0) is 14.7. The number of esters is 1. The number of hydrogen-bond donors (Lipinski definition) is 0. The Labute approximate surface area is 123 Å². The standard InChI is InChI=1S/C13H12BrNO5/c1-2-19-13(16)7-12-10(15(17)18)6-8-5-9(14)3-4-11(8)20-12/h3-6,12H,2,7H2,1H3/t12-/m1/s1. The molecule has 0 aliphatic carbocycles. The number of fused-ring (bicyclic) bond motifs is 1. The fraction of sp³-hybridized carbons (Fsp3) is 0.308. The summed E-state index contributed by atoms with van der Waals surface area (Å²) in [5, 5.41) is 11.1. The van der Waals surface area contributed by atoms with E-state index in [1.807, 2.05) is 0 Å². The van der Waals surface area contributed by atoms with E-state index in [2.05, 4.69) is 15.9 Å². The molecule has 0 saturated carbocycles. The lowest BCUT2D eigenvalue weighted by Crippen LogP contribution is -2.30. The van der Waals surface area contributed by atoms with Crippen molar-refractivity contribution in [2.45, 2.75) is 19.4 Å². The molecule has 106 valence electrons. The van der Waals surface area contributed by atoms with Crippen LogP contribution in [0.15, 0.2) is 28.4 Å². The van der Waals surface area contributed by atoms with Crippen molar-refractivity contribution in [2.24, 2.45) is 0 Å². The third-order valence-electron chi connectivity index (χ3n) is 2.74. The lowest BCUT2D eigenvalue weighted by Gasteiger charge is -2.21. The van der Waals surface area contributed by atoms with E-state index in [4.69, 9.17) is 9.47 Å². The van der Waals surface area contributed by atoms with E-state index in [0.29, 0.717) is 11.3 Å². The average Bonchev–Trinajstić information content (AvgIpc) is 2.38. The molecule has 0 amide bonds. The first-order chi connectivity index (χ1) is 9.51. The van der Waals surface area contributed by atoms with Crippen molar-refractivity contribution in [3.05, 3.63) is 44.0 Å². The van der Waals surface area contributed by atoms with E-state index < -0.39 is 17.0 Å². The fourth-order valence-corrected chi connectivity index (χ4v) is 2.27. The maximum atomic E-state index is 11.5. The minimum Gasteiger partial charge on any atom is -0.478 e. The monoisotopic (exact) mass is 341 g/mol. The van der Waals surface area contributed by atoms with Crippen molar-refractivity contribution in [1.29, 1.82) is 0 Å².